The van der Waals surface area contributed by atoms with Gasteiger partial charge >= 0.3 is 0 Å². The second-order valence-corrected chi connectivity index (χ2v) is 6.85. The van der Waals surface area contributed by atoms with E-state index in [1.165, 1.54) is 12.1 Å². The summed E-state index contributed by atoms with van der Waals surface area (Å²) in [4.78, 5) is 12.2. The minimum Gasteiger partial charge on any atom is -0.310 e. The minimum atomic E-state index is -3.74. The van der Waals surface area contributed by atoms with Crippen molar-refractivity contribution in [2.45, 2.75) is 36.2 Å². The number of carbonyl (C=O) groups excluding carboxylic acids is 1. The van der Waals surface area contributed by atoms with Crippen LogP contribution in [0.15, 0.2) is 35.2 Å². The molecule has 2 fully saturated rings. The molecule has 2 bridgehead atoms. The van der Waals surface area contributed by atoms with E-state index in [2.05, 4.69) is 10.0 Å². The molecule has 3 atom stereocenters. The third kappa shape index (κ3) is 2.37. The van der Waals surface area contributed by atoms with Crippen LogP contribution in [0.2, 0.25) is 0 Å². The quantitative estimate of drug-likeness (QED) is 0.851. The highest BCUT2D eigenvalue weighted by atomic mass is 32.2. The topological polar surface area (TPSA) is 75.3 Å². The Balaban J connectivity index is 1.73. The lowest BCUT2D eigenvalue weighted by molar-refractivity contribution is -0.123. The van der Waals surface area contributed by atoms with Crippen LogP contribution in [0, 0.1) is 5.92 Å². The normalized spacial score (nSPS) is 29.4. The van der Waals surface area contributed by atoms with E-state index in [1.807, 2.05) is 0 Å². The molecule has 2 aliphatic rings. The van der Waals surface area contributed by atoms with Gasteiger partial charge in [0.05, 0.1) is 10.8 Å². The van der Waals surface area contributed by atoms with Crippen LogP contribution in [0.1, 0.15) is 19.3 Å². The van der Waals surface area contributed by atoms with Gasteiger partial charge in [0.1, 0.15) is 0 Å². The van der Waals surface area contributed by atoms with E-state index in [0.717, 1.165) is 19.3 Å². The zero-order chi connectivity index (χ0) is 13.5. The van der Waals surface area contributed by atoms with Gasteiger partial charge in [-0.2, -0.15) is 0 Å². The van der Waals surface area contributed by atoms with Gasteiger partial charge < -0.3 is 5.32 Å². The van der Waals surface area contributed by atoms with E-state index in [9.17, 15) is 13.2 Å². The molecular formula is C13H16N2O3S. The molecule has 2 saturated heterocycles. The van der Waals surface area contributed by atoms with E-state index in [4.69, 9.17) is 0 Å². The van der Waals surface area contributed by atoms with Crippen LogP contribution in [0.25, 0.3) is 0 Å². The smallest absolute Gasteiger partial charge is 0.264 e. The summed E-state index contributed by atoms with van der Waals surface area (Å²) in [5, 5.41) is 3.33. The van der Waals surface area contributed by atoms with Crippen molar-refractivity contribution in [3.8, 4) is 0 Å². The van der Waals surface area contributed by atoms with Crippen LogP contribution in [0.4, 0.5) is 0 Å². The average Bonchev–Trinajstić information content (AvgIpc) is 3.01. The maximum atomic E-state index is 12.1. The molecule has 5 nitrogen and oxygen atoms in total. The molecule has 0 saturated carbocycles. The van der Waals surface area contributed by atoms with Crippen LogP contribution in [-0.2, 0) is 14.8 Å². The van der Waals surface area contributed by atoms with Crippen LogP contribution >= 0.6 is 0 Å². The fraction of sp³-hybridized carbons (Fsp3) is 0.462. The number of rotatable bonds is 3. The Hall–Kier alpha value is -1.40. The van der Waals surface area contributed by atoms with Gasteiger partial charge in [0.25, 0.3) is 10.0 Å². The average molecular weight is 280 g/mol. The molecule has 2 aliphatic heterocycles. The summed E-state index contributed by atoms with van der Waals surface area (Å²) >= 11 is 0. The lowest BCUT2D eigenvalue weighted by atomic mass is 9.89. The summed E-state index contributed by atoms with van der Waals surface area (Å²) in [5.41, 5.74) is 0. The SMILES string of the molecule is O=C(NS(=O)(=O)c1ccccc1)C1CC2CCC1N2. The summed E-state index contributed by atoms with van der Waals surface area (Å²) in [7, 11) is -3.74. The lowest BCUT2D eigenvalue weighted by Gasteiger charge is -2.19. The second kappa shape index (κ2) is 4.61. The number of carbonyl (C=O) groups is 1. The highest BCUT2D eigenvalue weighted by Crippen LogP contribution is 2.33. The molecule has 102 valence electrons. The predicted molar refractivity (Wildman–Crippen MR) is 69.8 cm³/mol. The summed E-state index contributed by atoms with van der Waals surface area (Å²) in [5.74, 6) is -0.610. The van der Waals surface area contributed by atoms with Crippen molar-refractivity contribution < 1.29 is 13.2 Å². The third-order valence-corrected chi connectivity index (χ3v) is 5.29. The van der Waals surface area contributed by atoms with Gasteiger partial charge in [-0.3, -0.25) is 4.79 Å². The Kier molecular flexibility index (Phi) is 3.06. The van der Waals surface area contributed by atoms with Crippen LogP contribution in [-0.4, -0.2) is 26.4 Å². The fourth-order valence-corrected chi connectivity index (χ4v) is 4.03. The molecule has 3 unspecified atom stereocenters. The molecule has 3 rings (SSSR count). The predicted octanol–water partition coefficient (Wildman–Crippen LogP) is 0.632. The Bertz CT molecular complexity index is 585. The Morgan fingerprint density at radius 3 is 2.53 bits per heavy atom. The molecule has 0 spiro atoms. The fourth-order valence-electron chi connectivity index (χ4n) is 2.98. The van der Waals surface area contributed by atoms with Crippen molar-refractivity contribution in [1.82, 2.24) is 10.0 Å². The molecule has 1 amide bonds. The van der Waals surface area contributed by atoms with Gasteiger partial charge in [-0.1, -0.05) is 18.2 Å². The maximum absolute atomic E-state index is 12.1. The van der Waals surface area contributed by atoms with Crippen LogP contribution < -0.4 is 10.0 Å². The summed E-state index contributed by atoms with van der Waals surface area (Å²) in [6.45, 7) is 0. The summed E-state index contributed by atoms with van der Waals surface area (Å²) in [6, 6.07) is 8.48. The molecule has 2 N–H and O–H groups in total. The zero-order valence-corrected chi connectivity index (χ0v) is 11.2. The van der Waals surface area contributed by atoms with E-state index >= 15 is 0 Å². The summed E-state index contributed by atoms with van der Waals surface area (Å²) < 4.78 is 26.3. The van der Waals surface area contributed by atoms with Crippen molar-refractivity contribution in [1.29, 1.82) is 0 Å². The van der Waals surface area contributed by atoms with Crippen molar-refractivity contribution in [2.75, 3.05) is 0 Å². The van der Waals surface area contributed by atoms with Gasteiger partial charge in [0, 0.05) is 12.1 Å². The number of amides is 1. The van der Waals surface area contributed by atoms with Gasteiger partial charge in [0.2, 0.25) is 5.91 Å². The molecule has 1 aromatic carbocycles. The first-order chi connectivity index (χ1) is 9.06. The van der Waals surface area contributed by atoms with E-state index < -0.39 is 10.0 Å². The van der Waals surface area contributed by atoms with Crippen molar-refractivity contribution in [2.24, 2.45) is 5.92 Å². The number of fused-ring (bicyclic) bond motifs is 2. The number of benzene rings is 1. The maximum Gasteiger partial charge on any atom is 0.264 e. The Morgan fingerprint density at radius 2 is 1.95 bits per heavy atom. The van der Waals surface area contributed by atoms with Gasteiger partial charge in [-0.25, -0.2) is 13.1 Å². The number of hydrogen-bond acceptors (Lipinski definition) is 4. The first-order valence-electron chi connectivity index (χ1n) is 6.44. The van der Waals surface area contributed by atoms with Crippen LogP contribution in [0.3, 0.4) is 0 Å². The molecule has 0 aromatic heterocycles. The monoisotopic (exact) mass is 280 g/mol. The van der Waals surface area contributed by atoms with Gasteiger partial charge in [-0.15, -0.1) is 0 Å². The molecule has 6 heteroatoms. The molecule has 2 heterocycles. The van der Waals surface area contributed by atoms with Crippen molar-refractivity contribution in [3.63, 3.8) is 0 Å². The van der Waals surface area contributed by atoms with Gasteiger partial charge in [-0.05, 0) is 31.4 Å². The third-order valence-electron chi connectivity index (χ3n) is 3.93. The summed E-state index contributed by atoms with van der Waals surface area (Å²) in [6.07, 6.45) is 2.77. The Morgan fingerprint density at radius 1 is 1.21 bits per heavy atom. The van der Waals surface area contributed by atoms with Crippen LogP contribution in [0.5, 0.6) is 0 Å². The van der Waals surface area contributed by atoms with E-state index in [0.29, 0.717) is 6.04 Å². The first kappa shape index (κ1) is 12.6. The van der Waals surface area contributed by atoms with Gasteiger partial charge in [0.15, 0.2) is 0 Å². The Labute approximate surface area is 112 Å². The van der Waals surface area contributed by atoms with Crippen molar-refractivity contribution in [3.05, 3.63) is 30.3 Å². The number of sulfonamides is 1. The highest BCUT2D eigenvalue weighted by Gasteiger charge is 2.43. The van der Waals surface area contributed by atoms with E-state index in [1.54, 1.807) is 18.2 Å². The largest absolute Gasteiger partial charge is 0.310 e. The number of nitrogens with one attached hydrogen (secondary N) is 2. The first-order valence-corrected chi connectivity index (χ1v) is 7.92. The van der Waals surface area contributed by atoms with E-state index in [-0.39, 0.29) is 22.8 Å². The number of hydrogen-bond donors (Lipinski definition) is 2. The molecule has 1 aromatic rings. The standard InChI is InChI=1S/C13H16N2O3S/c16-13(11-8-9-6-7-12(11)14-9)15-19(17,18)10-4-2-1-3-5-10/h1-5,9,11-12,14H,6-8H2,(H,15,16). The lowest BCUT2D eigenvalue weighted by Crippen LogP contribution is -2.40. The minimum absolute atomic E-state index is 0.125. The second-order valence-electron chi connectivity index (χ2n) is 5.17. The molecule has 0 radical (unpaired) electrons. The molecular weight excluding hydrogens is 264 g/mol. The highest BCUT2D eigenvalue weighted by molar-refractivity contribution is 7.90. The molecule has 19 heavy (non-hydrogen) atoms. The zero-order valence-electron chi connectivity index (χ0n) is 10.4. The molecule has 0 aliphatic carbocycles. The van der Waals surface area contributed by atoms with Crippen molar-refractivity contribution >= 4 is 15.9 Å².